The Kier molecular flexibility index (Phi) is 4.46. The largest absolute Gasteiger partial charge is 0.451 e. The number of hydrogen-bond donors (Lipinski definition) is 2. The van der Waals surface area contributed by atoms with E-state index in [-0.39, 0.29) is 5.91 Å². The standard InChI is InChI=1S/C18H18N2O4/c1-11(24-18(23)15-8-9-16(21)20-15)17(22)19-14-7-6-12-4-2-3-5-13(12)10-14/h2-7,10-11,15H,8-9H2,1H3,(H,19,22)(H,20,21)/t11-,15+/m0/s1. The maximum atomic E-state index is 12.2. The van der Waals surface area contributed by atoms with Gasteiger partial charge in [-0.05, 0) is 36.2 Å². The molecule has 0 spiro atoms. The molecule has 0 aliphatic carbocycles. The second-order valence-corrected chi connectivity index (χ2v) is 5.79. The number of benzene rings is 2. The van der Waals surface area contributed by atoms with Crippen LogP contribution in [0.1, 0.15) is 19.8 Å². The van der Waals surface area contributed by atoms with Gasteiger partial charge in [-0.25, -0.2) is 4.79 Å². The lowest BCUT2D eigenvalue weighted by Crippen LogP contribution is -2.39. The Bertz CT molecular complexity index is 802. The summed E-state index contributed by atoms with van der Waals surface area (Å²) in [4.78, 5) is 35.2. The molecule has 2 aromatic rings. The molecule has 6 heteroatoms. The predicted octanol–water partition coefficient (Wildman–Crippen LogP) is 1.99. The molecule has 3 rings (SSSR count). The molecule has 124 valence electrons. The van der Waals surface area contributed by atoms with E-state index in [1.807, 2.05) is 36.4 Å². The number of hydrogen-bond acceptors (Lipinski definition) is 4. The summed E-state index contributed by atoms with van der Waals surface area (Å²) in [5, 5.41) is 7.34. The van der Waals surface area contributed by atoms with Crippen LogP contribution in [0.15, 0.2) is 42.5 Å². The van der Waals surface area contributed by atoms with Crippen LogP contribution in [-0.4, -0.2) is 29.9 Å². The van der Waals surface area contributed by atoms with E-state index in [9.17, 15) is 14.4 Å². The Labute approximate surface area is 139 Å². The molecule has 6 nitrogen and oxygen atoms in total. The van der Waals surface area contributed by atoms with Gasteiger partial charge in [-0.2, -0.15) is 0 Å². The summed E-state index contributed by atoms with van der Waals surface area (Å²) in [6.07, 6.45) is -0.241. The Balaban J connectivity index is 1.60. The number of esters is 1. The Morgan fingerprint density at radius 2 is 1.96 bits per heavy atom. The summed E-state index contributed by atoms with van der Waals surface area (Å²) in [5.74, 6) is -1.17. The van der Waals surface area contributed by atoms with Gasteiger partial charge in [-0.15, -0.1) is 0 Å². The molecule has 2 amide bonds. The quantitative estimate of drug-likeness (QED) is 0.842. The number of ether oxygens (including phenoxy) is 1. The average Bonchev–Trinajstić information content (AvgIpc) is 3.01. The zero-order valence-electron chi connectivity index (χ0n) is 13.2. The number of carbonyl (C=O) groups is 3. The number of anilines is 1. The zero-order chi connectivity index (χ0) is 17.1. The molecule has 0 radical (unpaired) electrons. The van der Waals surface area contributed by atoms with Crippen LogP contribution in [0.25, 0.3) is 10.8 Å². The molecule has 0 bridgehead atoms. The van der Waals surface area contributed by atoms with Gasteiger partial charge in [0.05, 0.1) is 0 Å². The summed E-state index contributed by atoms with van der Waals surface area (Å²) in [6, 6.07) is 12.7. The minimum atomic E-state index is -0.943. The first kappa shape index (κ1) is 16.0. The highest BCUT2D eigenvalue weighted by atomic mass is 16.5. The topological polar surface area (TPSA) is 84.5 Å². The van der Waals surface area contributed by atoms with Crippen LogP contribution in [0.5, 0.6) is 0 Å². The molecule has 24 heavy (non-hydrogen) atoms. The van der Waals surface area contributed by atoms with Gasteiger partial charge in [0.15, 0.2) is 6.10 Å². The third-order valence-electron chi connectivity index (χ3n) is 3.96. The van der Waals surface area contributed by atoms with Crippen LogP contribution >= 0.6 is 0 Å². The van der Waals surface area contributed by atoms with Crippen LogP contribution in [-0.2, 0) is 19.1 Å². The van der Waals surface area contributed by atoms with Crippen molar-refractivity contribution < 1.29 is 19.1 Å². The molecule has 1 saturated heterocycles. The lowest BCUT2D eigenvalue weighted by atomic mass is 10.1. The maximum Gasteiger partial charge on any atom is 0.329 e. The second-order valence-electron chi connectivity index (χ2n) is 5.79. The van der Waals surface area contributed by atoms with E-state index in [4.69, 9.17) is 4.74 Å². The van der Waals surface area contributed by atoms with Crippen molar-refractivity contribution in [1.29, 1.82) is 0 Å². The highest BCUT2D eigenvalue weighted by molar-refractivity contribution is 5.98. The Morgan fingerprint density at radius 1 is 1.21 bits per heavy atom. The van der Waals surface area contributed by atoms with Gasteiger partial charge < -0.3 is 15.4 Å². The molecule has 0 saturated carbocycles. The summed E-state index contributed by atoms with van der Waals surface area (Å²) < 4.78 is 5.14. The molecule has 0 aromatic heterocycles. The number of carbonyl (C=O) groups excluding carboxylic acids is 3. The van der Waals surface area contributed by atoms with Crippen LogP contribution in [0, 0.1) is 0 Å². The van der Waals surface area contributed by atoms with Crippen molar-refractivity contribution in [2.75, 3.05) is 5.32 Å². The van der Waals surface area contributed by atoms with E-state index in [2.05, 4.69) is 10.6 Å². The highest BCUT2D eigenvalue weighted by Crippen LogP contribution is 2.19. The van der Waals surface area contributed by atoms with Crippen molar-refractivity contribution in [2.45, 2.75) is 31.9 Å². The normalized spacial score (nSPS) is 18.0. The molecule has 1 heterocycles. The van der Waals surface area contributed by atoms with Crippen LogP contribution in [0.3, 0.4) is 0 Å². The molecule has 1 aliphatic heterocycles. The summed E-state index contributed by atoms with van der Waals surface area (Å²) in [6.45, 7) is 1.51. The second kappa shape index (κ2) is 6.70. The van der Waals surface area contributed by atoms with Gasteiger partial charge in [0.2, 0.25) is 5.91 Å². The summed E-state index contributed by atoms with van der Waals surface area (Å²) >= 11 is 0. The Hall–Kier alpha value is -2.89. The Morgan fingerprint density at radius 3 is 2.67 bits per heavy atom. The van der Waals surface area contributed by atoms with Gasteiger partial charge in [0.1, 0.15) is 6.04 Å². The van der Waals surface area contributed by atoms with Gasteiger partial charge in [-0.1, -0.05) is 30.3 Å². The van der Waals surface area contributed by atoms with Crippen molar-refractivity contribution in [3.05, 3.63) is 42.5 Å². The van der Waals surface area contributed by atoms with E-state index >= 15 is 0 Å². The summed E-state index contributed by atoms with van der Waals surface area (Å²) in [7, 11) is 0. The van der Waals surface area contributed by atoms with E-state index in [0.29, 0.717) is 18.5 Å². The first-order valence-electron chi connectivity index (χ1n) is 7.82. The van der Waals surface area contributed by atoms with Crippen molar-refractivity contribution in [3.8, 4) is 0 Å². The first-order valence-corrected chi connectivity index (χ1v) is 7.82. The predicted molar refractivity (Wildman–Crippen MR) is 89.3 cm³/mol. The monoisotopic (exact) mass is 326 g/mol. The lowest BCUT2D eigenvalue weighted by molar-refractivity contribution is -0.155. The van der Waals surface area contributed by atoms with Gasteiger partial charge in [-0.3, -0.25) is 9.59 Å². The molecule has 2 N–H and O–H groups in total. The third-order valence-corrected chi connectivity index (χ3v) is 3.96. The molecule has 2 aromatic carbocycles. The molecule has 2 atom stereocenters. The average molecular weight is 326 g/mol. The minimum absolute atomic E-state index is 0.176. The fourth-order valence-corrected chi connectivity index (χ4v) is 2.61. The van der Waals surface area contributed by atoms with E-state index in [1.54, 1.807) is 6.07 Å². The van der Waals surface area contributed by atoms with Crippen molar-refractivity contribution >= 4 is 34.2 Å². The minimum Gasteiger partial charge on any atom is -0.451 e. The van der Waals surface area contributed by atoms with E-state index in [1.165, 1.54) is 6.92 Å². The summed E-state index contributed by atoms with van der Waals surface area (Å²) in [5.41, 5.74) is 0.635. The smallest absolute Gasteiger partial charge is 0.329 e. The fourth-order valence-electron chi connectivity index (χ4n) is 2.61. The van der Waals surface area contributed by atoms with Crippen LogP contribution in [0.2, 0.25) is 0 Å². The maximum absolute atomic E-state index is 12.2. The molecular weight excluding hydrogens is 308 g/mol. The van der Waals surface area contributed by atoms with Crippen molar-refractivity contribution in [2.24, 2.45) is 0 Å². The molecule has 0 unspecified atom stereocenters. The number of amides is 2. The van der Waals surface area contributed by atoms with Gasteiger partial charge in [0, 0.05) is 12.1 Å². The van der Waals surface area contributed by atoms with E-state index in [0.717, 1.165) is 10.8 Å². The fraction of sp³-hybridized carbons (Fsp3) is 0.278. The van der Waals surface area contributed by atoms with Crippen molar-refractivity contribution in [1.82, 2.24) is 5.32 Å². The first-order chi connectivity index (χ1) is 11.5. The van der Waals surface area contributed by atoms with Crippen LogP contribution < -0.4 is 10.6 Å². The van der Waals surface area contributed by atoms with Crippen LogP contribution in [0.4, 0.5) is 5.69 Å². The number of fused-ring (bicyclic) bond motifs is 1. The van der Waals surface area contributed by atoms with Crippen molar-refractivity contribution in [3.63, 3.8) is 0 Å². The number of rotatable bonds is 4. The van der Waals surface area contributed by atoms with Gasteiger partial charge >= 0.3 is 5.97 Å². The molecular formula is C18H18N2O4. The molecule has 1 fully saturated rings. The van der Waals surface area contributed by atoms with Gasteiger partial charge in [0.25, 0.3) is 5.91 Å². The SMILES string of the molecule is C[C@H](OC(=O)[C@H]1CCC(=O)N1)C(=O)Nc1ccc2ccccc2c1. The lowest BCUT2D eigenvalue weighted by Gasteiger charge is -2.16. The van der Waals surface area contributed by atoms with E-state index < -0.39 is 24.0 Å². The highest BCUT2D eigenvalue weighted by Gasteiger charge is 2.30. The number of nitrogens with one attached hydrogen (secondary N) is 2. The molecule has 1 aliphatic rings. The third kappa shape index (κ3) is 3.53. The zero-order valence-corrected chi connectivity index (χ0v) is 13.2.